The van der Waals surface area contributed by atoms with Gasteiger partial charge in [0.2, 0.25) is 0 Å². The van der Waals surface area contributed by atoms with Crippen LogP contribution in [0, 0.1) is 25.2 Å². The maximum Gasteiger partial charge on any atom is 0.416 e. The minimum Gasteiger partial charge on any atom is -0.368 e. The molecule has 2 aromatic rings. The van der Waals surface area contributed by atoms with E-state index in [1.54, 1.807) is 0 Å². The highest BCUT2D eigenvalue weighted by atomic mass is 19.4. The van der Waals surface area contributed by atoms with E-state index in [9.17, 15) is 18.4 Å². The fourth-order valence-corrected chi connectivity index (χ4v) is 3.18. The summed E-state index contributed by atoms with van der Waals surface area (Å²) >= 11 is 0. The topological polar surface area (TPSA) is 56.3 Å². The lowest BCUT2D eigenvalue weighted by Gasteiger charge is -2.36. The summed E-state index contributed by atoms with van der Waals surface area (Å²) in [6.45, 7) is 7.29. The summed E-state index contributed by atoms with van der Waals surface area (Å²) in [6.07, 6.45) is -4.45. The Hall–Kier alpha value is -2.53. The van der Waals surface area contributed by atoms with Gasteiger partial charge in [0, 0.05) is 38.3 Å². The molecule has 1 aliphatic heterocycles. The SMILES string of the molecule is Cc1noc(C)c1CN1CCN(c2ccc(C(F)(F)F)cc2C#N)CC1. The van der Waals surface area contributed by atoms with Crippen LogP contribution in [-0.4, -0.2) is 36.2 Å². The van der Waals surface area contributed by atoms with Crippen LogP contribution in [0.25, 0.3) is 0 Å². The number of aryl methyl sites for hydroxylation is 2. The Labute approximate surface area is 149 Å². The van der Waals surface area contributed by atoms with Crippen LogP contribution in [-0.2, 0) is 12.7 Å². The largest absolute Gasteiger partial charge is 0.416 e. The molecule has 1 aromatic carbocycles. The number of halogens is 3. The van der Waals surface area contributed by atoms with Crippen LogP contribution in [0.4, 0.5) is 18.9 Å². The Morgan fingerprint density at radius 3 is 2.42 bits per heavy atom. The van der Waals surface area contributed by atoms with E-state index in [1.807, 2.05) is 24.8 Å². The van der Waals surface area contributed by atoms with E-state index in [0.717, 1.165) is 48.8 Å². The molecule has 0 amide bonds. The molecule has 0 unspecified atom stereocenters. The lowest BCUT2D eigenvalue weighted by molar-refractivity contribution is -0.137. The van der Waals surface area contributed by atoms with Crippen molar-refractivity contribution in [2.24, 2.45) is 0 Å². The summed E-state index contributed by atoms with van der Waals surface area (Å²) in [7, 11) is 0. The quantitative estimate of drug-likeness (QED) is 0.834. The monoisotopic (exact) mass is 364 g/mol. The number of hydrogen-bond donors (Lipinski definition) is 0. The van der Waals surface area contributed by atoms with E-state index in [0.29, 0.717) is 18.8 Å². The van der Waals surface area contributed by atoms with Crippen molar-refractivity contribution in [3.8, 4) is 6.07 Å². The number of rotatable bonds is 3. The first kappa shape index (κ1) is 18.3. The van der Waals surface area contributed by atoms with Crippen LogP contribution >= 0.6 is 0 Å². The van der Waals surface area contributed by atoms with Crippen LogP contribution in [0.2, 0.25) is 0 Å². The number of benzene rings is 1. The van der Waals surface area contributed by atoms with Crippen molar-refractivity contribution in [3.05, 3.63) is 46.3 Å². The first-order valence-corrected chi connectivity index (χ1v) is 8.30. The van der Waals surface area contributed by atoms with Crippen molar-refractivity contribution in [2.45, 2.75) is 26.6 Å². The van der Waals surface area contributed by atoms with Gasteiger partial charge < -0.3 is 9.42 Å². The molecule has 5 nitrogen and oxygen atoms in total. The zero-order chi connectivity index (χ0) is 18.9. The Bertz CT molecular complexity index is 810. The average Bonchev–Trinajstić information content (AvgIpc) is 2.93. The fourth-order valence-electron chi connectivity index (χ4n) is 3.18. The number of nitrogens with zero attached hydrogens (tertiary/aromatic N) is 4. The molecule has 8 heteroatoms. The van der Waals surface area contributed by atoms with E-state index in [1.165, 1.54) is 6.07 Å². The summed E-state index contributed by atoms with van der Waals surface area (Å²) in [4.78, 5) is 4.21. The smallest absolute Gasteiger partial charge is 0.368 e. The van der Waals surface area contributed by atoms with Crippen molar-refractivity contribution >= 4 is 5.69 Å². The van der Waals surface area contributed by atoms with Crippen molar-refractivity contribution in [2.75, 3.05) is 31.1 Å². The zero-order valence-corrected chi connectivity index (χ0v) is 14.6. The molecule has 0 N–H and O–H groups in total. The van der Waals surface area contributed by atoms with Gasteiger partial charge in [-0.05, 0) is 32.0 Å². The zero-order valence-electron chi connectivity index (χ0n) is 14.6. The Morgan fingerprint density at radius 1 is 1.19 bits per heavy atom. The number of nitriles is 1. The second kappa shape index (κ2) is 7.00. The second-order valence-electron chi connectivity index (χ2n) is 6.41. The predicted molar refractivity (Wildman–Crippen MR) is 89.6 cm³/mol. The summed E-state index contributed by atoms with van der Waals surface area (Å²) < 4.78 is 43.7. The number of piperazine rings is 1. The van der Waals surface area contributed by atoms with Gasteiger partial charge in [0.05, 0.1) is 22.5 Å². The van der Waals surface area contributed by atoms with Crippen LogP contribution < -0.4 is 4.90 Å². The molecular formula is C18H19F3N4O. The van der Waals surface area contributed by atoms with Gasteiger partial charge in [-0.15, -0.1) is 0 Å². The highest BCUT2D eigenvalue weighted by Crippen LogP contribution is 2.33. The predicted octanol–water partition coefficient (Wildman–Crippen LogP) is 3.50. The molecule has 1 fully saturated rings. The summed E-state index contributed by atoms with van der Waals surface area (Å²) in [5.74, 6) is 0.805. The van der Waals surface area contributed by atoms with E-state index < -0.39 is 11.7 Å². The van der Waals surface area contributed by atoms with E-state index in [-0.39, 0.29) is 5.56 Å². The van der Waals surface area contributed by atoms with E-state index in [4.69, 9.17) is 4.52 Å². The van der Waals surface area contributed by atoms with Gasteiger partial charge in [-0.25, -0.2) is 0 Å². The molecule has 0 spiro atoms. The Kier molecular flexibility index (Phi) is 4.92. The van der Waals surface area contributed by atoms with Gasteiger partial charge in [0.15, 0.2) is 0 Å². The third kappa shape index (κ3) is 3.68. The van der Waals surface area contributed by atoms with Gasteiger partial charge in [-0.1, -0.05) is 5.16 Å². The molecule has 0 saturated carbocycles. The lowest BCUT2D eigenvalue weighted by Crippen LogP contribution is -2.46. The lowest BCUT2D eigenvalue weighted by atomic mass is 10.1. The maximum atomic E-state index is 12.8. The van der Waals surface area contributed by atoms with Crippen LogP contribution in [0.15, 0.2) is 22.7 Å². The van der Waals surface area contributed by atoms with Crippen LogP contribution in [0.5, 0.6) is 0 Å². The van der Waals surface area contributed by atoms with E-state index in [2.05, 4.69) is 10.1 Å². The number of alkyl halides is 3. The minimum absolute atomic E-state index is 0.0546. The van der Waals surface area contributed by atoms with Gasteiger partial charge in [-0.3, -0.25) is 4.90 Å². The first-order valence-electron chi connectivity index (χ1n) is 8.30. The number of anilines is 1. The molecule has 2 heterocycles. The summed E-state index contributed by atoms with van der Waals surface area (Å²) in [6, 6.07) is 5.24. The molecule has 0 radical (unpaired) electrons. The number of hydrogen-bond acceptors (Lipinski definition) is 5. The van der Waals surface area contributed by atoms with Crippen molar-refractivity contribution in [1.82, 2.24) is 10.1 Å². The van der Waals surface area contributed by atoms with Gasteiger partial charge in [0.25, 0.3) is 0 Å². The minimum atomic E-state index is -4.45. The normalized spacial score (nSPS) is 15.9. The van der Waals surface area contributed by atoms with Gasteiger partial charge >= 0.3 is 6.18 Å². The summed E-state index contributed by atoms with van der Waals surface area (Å²) in [5.41, 5.74) is 1.76. The molecule has 1 aliphatic rings. The molecule has 1 saturated heterocycles. The molecule has 0 aliphatic carbocycles. The highest BCUT2D eigenvalue weighted by Gasteiger charge is 2.31. The third-order valence-corrected chi connectivity index (χ3v) is 4.72. The molecule has 1 aromatic heterocycles. The Morgan fingerprint density at radius 2 is 1.88 bits per heavy atom. The fraction of sp³-hybridized carbons (Fsp3) is 0.444. The highest BCUT2D eigenvalue weighted by molar-refractivity contribution is 5.61. The van der Waals surface area contributed by atoms with Crippen molar-refractivity contribution in [3.63, 3.8) is 0 Å². The van der Waals surface area contributed by atoms with Gasteiger partial charge in [0.1, 0.15) is 11.8 Å². The molecule has 0 atom stereocenters. The van der Waals surface area contributed by atoms with Crippen LogP contribution in [0.1, 0.15) is 28.1 Å². The van der Waals surface area contributed by atoms with Gasteiger partial charge in [-0.2, -0.15) is 18.4 Å². The standard InChI is InChI=1S/C18H19F3N4O/c1-12-16(13(2)26-23-12)11-24-5-7-25(8-6-24)17-4-3-15(18(19,20)21)9-14(17)10-22/h3-4,9H,5-8,11H2,1-2H3. The third-order valence-electron chi connectivity index (χ3n) is 4.72. The second-order valence-corrected chi connectivity index (χ2v) is 6.41. The maximum absolute atomic E-state index is 12.8. The van der Waals surface area contributed by atoms with Crippen LogP contribution in [0.3, 0.4) is 0 Å². The van der Waals surface area contributed by atoms with Crippen molar-refractivity contribution in [1.29, 1.82) is 5.26 Å². The molecule has 3 rings (SSSR count). The molecule has 26 heavy (non-hydrogen) atoms. The average molecular weight is 364 g/mol. The Balaban J connectivity index is 1.69. The van der Waals surface area contributed by atoms with E-state index >= 15 is 0 Å². The molecular weight excluding hydrogens is 345 g/mol. The molecule has 0 bridgehead atoms. The van der Waals surface area contributed by atoms with Crippen molar-refractivity contribution < 1.29 is 17.7 Å². The summed E-state index contributed by atoms with van der Waals surface area (Å²) in [5, 5.41) is 13.2. The first-order chi connectivity index (χ1) is 12.3. The molecule has 138 valence electrons. The number of aromatic nitrogens is 1.